The number of aliphatic hydroxyl groups is 1. The van der Waals surface area contributed by atoms with Crippen LogP contribution in [0.4, 0.5) is 0 Å². The lowest BCUT2D eigenvalue weighted by Gasteiger charge is -2.26. The summed E-state index contributed by atoms with van der Waals surface area (Å²) in [6.45, 7) is 1.19. The molecule has 78 valence electrons. The van der Waals surface area contributed by atoms with E-state index < -0.39 is 0 Å². The minimum atomic E-state index is -0.122. The Morgan fingerprint density at radius 1 is 1.64 bits per heavy atom. The maximum atomic E-state index is 9.38. The summed E-state index contributed by atoms with van der Waals surface area (Å²) >= 11 is 3.27. The number of furan rings is 1. The van der Waals surface area contributed by atoms with Crippen LogP contribution in [-0.2, 0) is 6.42 Å². The molecule has 1 saturated heterocycles. The molecular formula is C10H14BrNO2. The van der Waals surface area contributed by atoms with Gasteiger partial charge in [-0.3, -0.25) is 0 Å². The van der Waals surface area contributed by atoms with E-state index in [1.807, 2.05) is 6.07 Å². The molecule has 14 heavy (non-hydrogen) atoms. The van der Waals surface area contributed by atoms with E-state index in [0.29, 0.717) is 0 Å². The van der Waals surface area contributed by atoms with E-state index in [0.717, 1.165) is 36.0 Å². The van der Waals surface area contributed by atoms with Gasteiger partial charge < -0.3 is 14.8 Å². The van der Waals surface area contributed by atoms with Crippen LogP contribution in [0.15, 0.2) is 21.4 Å². The van der Waals surface area contributed by atoms with Crippen molar-refractivity contribution in [1.29, 1.82) is 0 Å². The first-order chi connectivity index (χ1) is 6.74. The van der Waals surface area contributed by atoms with Gasteiger partial charge in [0.25, 0.3) is 0 Å². The van der Waals surface area contributed by atoms with Crippen LogP contribution < -0.4 is 5.32 Å². The molecule has 1 fully saturated rings. The summed E-state index contributed by atoms with van der Waals surface area (Å²) in [5, 5.41) is 12.8. The predicted molar refractivity (Wildman–Crippen MR) is 57.2 cm³/mol. The monoisotopic (exact) mass is 259 g/mol. The first-order valence-electron chi connectivity index (χ1n) is 4.83. The van der Waals surface area contributed by atoms with Crippen LogP contribution in [0.1, 0.15) is 18.4 Å². The standard InChI is InChI=1S/C10H14BrNO2/c11-9-4-8(6-14-9)5-10(7-13)2-1-3-12-10/h4,6,12-13H,1-3,5,7H2. The number of nitrogens with one attached hydrogen (secondary N) is 1. The molecule has 1 aromatic rings. The van der Waals surface area contributed by atoms with Gasteiger partial charge >= 0.3 is 0 Å². The molecule has 1 aliphatic heterocycles. The number of rotatable bonds is 3. The molecule has 1 unspecified atom stereocenters. The third-order valence-corrected chi connectivity index (χ3v) is 3.21. The molecule has 0 aromatic carbocycles. The summed E-state index contributed by atoms with van der Waals surface area (Å²) in [6.07, 6.45) is 4.74. The van der Waals surface area contributed by atoms with Gasteiger partial charge in [0.15, 0.2) is 4.67 Å². The maximum Gasteiger partial charge on any atom is 0.169 e. The number of hydrogen-bond donors (Lipinski definition) is 2. The molecule has 0 saturated carbocycles. The predicted octanol–water partition coefficient (Wildman–Crippen LogP) is 1.70. The van der Waals surface area contributed by atoms with E-state index in [9.17, 15) is 5.11 Å². The smallest absolute Gasteiger partial charge is 0.169 e. The SMILES string of the molecule is OCC1(Cc2coc(Br)c2)CCCN1. The first-order valence-corrected chi connectivity index (χ1v) is 5.62. The lowest BCUT2D eigenvalue weighted by Crippen LogP contribution is -2.45. The average molecular weight is 260 g/mol. The molecule has 2 N–H and O–H groups in total. The Kier molecular flexibility index (Phi) is 2.95. The Labute approximate surface area is 91.6 Å². The van der Waals surface area contributed by atoms with E-state index in [1.165, 1.54) is 0 Å². The van der Waals surface area contributed by atoms with Crippen molar-refractivity contribution in [2.24, 2.45) is 0 Å². The molecule has 1 aliphatic rings. The van der Waals surface area contributed by atoms with Crippen LogP contribution >= 0.6 is 15.9 Å². The van der Waals surface area contributed by atoms with E-state index in [1.54, 1.807) is 6.26 Å². The molecule has 4 heteroatoms. The fourth-order valence-corrected chi connectivity index (χ4v) is 2.43. The van der Waals surface area contributed by atoms with Crippen molar-refractivity contribution in [1.82, 2.24) is 5.32 Å². The van der Waals surface area contributed by atoms with Crippen LogP contribution in [0.5, 0.6) is 0 Å². The van der Waals surface area contributed by atoms with Crippen molar-refractivity contribution in [2.45, 2.75) is 24.8 Å². The Hall–Kier alpha value is -0.320. The van der Waals surface area contributed by atoms with Gasteiger partial charge in [0.2, 0.25) is 0 Å². The van der Waals surface area contributed by atoms with Gasteiger partial charge in [-0.05, 0) is 53.4 Å². The van der Waals surface area contributed by atoms with E-state index >= 15 is 0 Å². The molecule has 0 aliphatic carbocycles. The zero-order chi connectivity index (χ0) is 10.0. The molecule has 2 rings (SSSR count). The Morgan fingerprint density at radius 2 is 2.50 bits per heavy atom. The molecular weight excluding hydrogens is 246 g/mol. The van der Waals surface area contributed by atoms with Gasteiger partial charge in [0.1, 0.15) is 0 Å². The van der Waals surface area contributed by atoms with Crippen molar-refractivity contribution in [2.75, 3.05) is 13.2 Å². The lowest BCUT2D eigenvalue weighted by molar-refractivity contribution is 0.177. The highest BCUT2D eigenvalue weighted by atomic mass is 79.9. The average Bonchev–Trinajstić information content (AvgIpc) is 2.77. The highest BCUT2D eigenvalue weighted by Gasteiger charge is 2.33. The number of hydrogen-bond acceptors (Lipinski definition) is 3. The number of aliphatic hydroxyl groups excluding tert-OH is 1. The topological polar surface area (TPSA) is 45.4 Å². The van der Waals surface area contributed by atoms with Crippen LogP contribution in [-0.4, -0.2) is 23.8 Å². The molecule has 0 radical (unpaired) electrons. The molecule has 0 bridgehead atoms. The quantitative estimate of drug-likeness (QED) is 0.869. The van der Waals surface area contributed by atoms with Crippen molar-refractivity contribution < 1.29 is 9.52 Å². The van der Waals surface area contributed by atoms with Gasteiger partial charge in [0.05, 0.1) is 12.9 Å². The largest absolute Gasteiger partial charge is 0.457 e. The zero-order valence-corrected chi connectivity index (χ0v) is 9.51. The van der Waals surface area contributed by atoms with Crippen molar-refractivity contribution in [3.8, 4) is 0 Å². The second kappa shape index (κ2) is 4.04. The zero-order valence-electron chi connectivity index (χ0n) is 7.92. The normalized spacial score (nSPS) is 27.0. The van der Waals surface area contributed by atoms with Crippen molar-refractivity contribution in [3.63, 3.8) is 0 Å². The van der Waals surface area contributed by atoms with E-state index in [-0.39, 0.29) is 12.1 Å². The fourth-order valence-electron chi connectivity index (χ4n) is 2.04. The first kappa shape index (κ1) is 10.2. The lowest BCUT2D eigenvalue weighted by atomic mass is 9.91. The molecule has 0 spiro atoms. The highest BCUT2D eigenvalue weighted by Crippen LogP contribution is 2.25. The third-order valence-electron chi connectivity index (χ3n) is 2.80. The van der Waals surface area contributed by atoms with Crippen LogP contribution in [0, 0.1) is 0 Å². The van der Waals surface area contributed by atoms with Gasteiger partial charge in [0, 0.05) is 5.54 Å². The Bertz CT molecular complexity index is 305. The number of halogens is 1. The molecule has 1 aromatic heterocycles. The van der Waals surface area contributed by atoms with Crippen LogP contribution in [0.2, 0.25) is 0 Å². The van der Waals surface area contributed by atoms with Crippen LogP contribution in [0.3, 0.4) is 0 Å². The molecule has 0 amide bonds. The Balaban J connectivity index is 2.08. The highest BCUT2D eigenvalue weighted by molar-refractivity contribution is 9.10. The summed E-state index contributed by atoms with van der Waals surface area (Å²) in [6, 6.07) is 1.96. The van der Waals surface area contributed by atoms with E-state index in [4.69, 9.17) is 4.42 Å². The van der Waals surface area contributed by atoms with Gasteiger partial charge in [-0.2, -0.15) is 0 Å². The van der Waals surface area contributed by atoms with Crippen molar-refractivity contribution in [3.05, 3.63) is 22.6 Å². The molecule has 1 atom stereocenters. The molecule has 2 heterocycles. The van der Waals surface area contributed by atoms with Crippen LogP contribution in [0.25, 0.3) is 0 Å². The second-order valence-electron chi connectivity index (χ2n) is 3.90. The maximum absolute atomic E-state index is 9.38. The van der Waals surface area contributed by atoms with E-state index in [2.05, 4.69) is 21.2 Å². The summed E-state index contributed by atoms with van der Waals surface area (Å²) in [4.78, 5) is 0. The minimum Gasteiger partial charge on any atom is -0.457 e. The third kappa shape index (κ3) is 2.02. The summed E-state index contributed by atoms with van der Waals surface area (Å²) in [5.74, 6) is 0. The summed E-state index contributed by atoms with van der Waals surface area (Å²) < 4.78 is 5.92. The second-order valence-corrected chi connectivity index (χ2v) is 4.69. The summed E-state index contributed by atoms with van der Waals surface area (Å²) in [5.41, 5.74) is 1.00. The van der Waals surface area contributed by atoms with Gasteiger partial charge in [-0.1, -0.05) is 0 Å². The van der Waals surface area contributed by atoms with Gasteiger partial charge in [-0.15, -0.1) is 0 Å². The molecule has 3 nitrogen and oxygen atoms in total. The minimum absolute atomic E-state index is 0.122. The van der Waals surface area contributed by atoms with Gasteiger partial charge in [-0.25, -0.2) is 0 Å². The Morgan fingerprint density at radius 3 is 3.00 bits per heavy atom. The summed E-state index contributed by atoms with van der Waals surface area (Å²) in [7, 11) is 0. The fraction of sp³-hybridized carbons (Fsp3) is 0.600. The van der Waals surface area contributed by atoms with Crippen molar-refractivity contribution >= 4 is 15.9 Å².